The standard InChI is InChI=1S/C13H22N2O/c1-3-11-5-6-13(15-10-11)9-12(14)7-8-16-4-2/h5-6,10,12H,3-4,7-9,14H2,1-2H3. The zero-order chi connectivity index (χ0) is 11.8. The van der Waals surface area contributed by atoms with Crippen LogP contribution in [0.2, 0.25) is 0 Å². The third kappa shape index (κ3) is 4.73. The Morgan fingerprint density at radius 2 is 2.19 bits per heavy atom. The van der Waals surface area contributed by atoms with E-state index >= 15 is 0 Å². The number of nitrogens with two attached hydrogens (primary N) is 1. The summed E-state index contributed by atoms with van der Waals surface area (Å²) in [7, 11) is 0. The Balaban J connectivity index is 2.34. The number of pyridine rings is 1. The summed E-state index contributed by atoms with van der Waals surface area (Å²) in [6, 6.07) is 4.34. The molecule has 2 N–H and O–H groups in total. The topological polar surface area (TPSA) is 48.1 Å². The zero-order valence-corrected chi connectivity index (χ0v) is 10.3. The van der Waals surface area contributed by atoms with E-state index in [1.807, 2.05) is 13.1 Å². The van der Waals surface area contributed by atoms with E-state index in [-0.39, 0.29) is 6.04 Å². The van der Waals surface area contributed by atoms with Gasteiger partial charge in [0.2, 0.25) is 0 Å². The molecule has 1 atom stereocenters. The second-order valence-corrected chi connectivity index (χ2v) is 3.96. The first-order chi connectivity index (χ1) is 7.76. The van der Waals surface area contributed by atoms with Crippen molar-refractivity contribution >= 4 is 0 Å². The highest BCUT2D eigenvalue weighted by atomic mass is 16.5. The van der Waals surface area contributed by atoms with Crippen molar-refractivity contribution in [3.8, 4) is 0 Å². The van der Waals surface area contributed by atoms with E-state index in [2.05, 4.69) is 24.0 Å². The van der Waals surface area contributed by atoms with Crippen molar-refractivity contribution in [2.75, 3.05) is 13.2 Å². The fourth-order valence-corrected chi connectivity index (χ4v) is 1.53. The molecule has 1 heterocycles. The summed E-state index contributed by atoms with van der Waals surface area (Å²) in [4.78, 5) is 4.40. The van der Waals surface area contributed by atoms with Gasteiger partial charge in [0.15, 0.2) is 0 Å². The van der Waals surface area contributed by atoms with Gasteiger partial charge in [0, 0.05) is 37.6 Å². The van der Waals surface area contributed by atoms with Crippen LogP contribution in [0.25, 0.3) is 0 Å². The lowest BCUT2D eigenvalue weighted by Gasteiger charge is -2.11. The molecule has 1 aromatic rings. The molecule has 0 saturated heterocycles. The van der Waals surface area contributed by atoms with Gasteiger partial charge in [0.05, 0.1) is 0 Å². The minimum Gasteiger partial charge on any atom is -0.382 e. The van der Waals surface area contributed by atoms with Crippen LogP contribution in [0.15, 0.2) is 18.3 Å². The molecule has 0 saturated carbocycles. The molecule has 3 heteroatoms. The molecule has 1 rings (SSSR count). The highest BCUT2D eigenvalue weighted by Crippen LogP contribution is 2.04. The van der Waals surface area contributed by atoms with E-state index in [1.54, 1.807) is 0 Å². The van der Waals surface area contributed by atoms with E-state index in [9.17, 15) is 0 Å². The molecule has 0 radical (unpaired) electrons. The van der Waals surface area contributed by atoms with Crippen molar-refractivity contribution in [1.29, 1.82) is 0 Å². The summed E-state index contributed by atoms with van der Waals surface area (Å²) in [6.45, 7) is 5.63. The summed E-state index contributed by atoms with van der Waals surface area (Å²) in [5.41, 5.74) is 8.34. The van der Waals surface area contributed by atoms with Crippen LogP contribution in [-0.2, 0) is 17.6 Å². The molecular weight excluding hydrogens is 200 g/mol. The number of nitrogens with zero attached hydrogens (tertiary/aromatic N) is 1. The number of ether oxygens (including phenoxy) is 1. The summed E-state index contributed by atoms with van der Waals surface area (Å²) in [5.74, 6) is 0. The van der Waals surface area contributed by atoms with Crippen LogP contribution >= 0.6 is 0 Å². The van der Waals surface area contributed by atoms with Gasteiger partial charge in [-0.05, 0) is 31.4 Å². The van der Waals surface area contributed by atoms with Gasteiger partial charge in [-0.15, -0.1) is 0 Å². The Labute approximate surface area is 98.0 Å². The highest BCUT2D eigenvalue weighted by Gasteiger charge is 2.04. The number of hydrogen-bond donors (Lipinski definition) is 1. The van der Waals surface area contributed by atoms with Crippen molar-refractivity contribution < 1.29 is 4.74 Å². The quantitative estimate of drug-likeness (QED) is 0.717. The van der Waals surface area contributed by atoms with Gasteiger partial charge in [-0.25, -0.2) is 0 Å². The Morgan fingerprint density at radius 1 is 1.38 bits per heavy atom. The van der Waals surface area contributed by atoms with Crippen LogP contribution in [-0.4, -0.2) is 24.2 Å². The van der Waals surface area contributed by atoms with Crippen molar-refractivity contribution in [3.05, 3.63) is 29.6 Å². The van der Waals surface area contributed by atoms with Gasteiger partial charge in [-0.2, -0.15) is 0 Å². The van der Waals surface area contributed by atoms with Gasteiger partial charge in [0.25, 0.3) is 0 Å². The van der Waals surface area contributed by atoms with E-state index in [0.717, 1.165) is 38.2 Å². The Bertz CT molecular complexity index is 284. The molecular formula is C13H22N2O. The minimum atomic E-state index is 0.145. The van der Waals surface area contributed by atoms with Gasteiger partial charge in [-0.1, -0.05) is 13.0 Å². The van der Waals surface area contributed by atoms with Crippen LogP contribution in [0.3, 0.4) is 0 Å². The van der Waals surface area contributed by atoms with Gasteiger partial charge in [0.1, 0.15) is 0 Å². The number of aromatic nitrogens is 1. The Morgan fingerprint density at radius 3 is 2.75 bits per heavy atom. The summed E-state index contributed by atoms with van der Waals surface area (Å²) < 4.78 is 5.28. The smallest absolute Gasteiger partial charge is 0.0480 e. The fraction of sp³-hybridized carbons (Fsp3) is 0.615. The molecule has 1 aromatic heterocycles. The maximum Gasteiger partial charge on any atom is 0.0480 e. The molecule has 0 amide bonds. The molecule has 0 bridgehead atoms. The van der Waals surface area contributed by atoms with E-state index in [0.29, 0.717) is 0 Å². The fourth-order valence-electron chi connectivity index (χ4n) is 1.53. The van der Waals surface area contributed by atoms with Crippen LogP contribution in [0.1, 0.15) is 31.5 Å². The molecule has 0 aliphatic heterocycles. The van der Waals surface area contributed by atoms with Crippen molar-refractivity contribution in [2.24, 2.45) is 5.73 Å². The van der Waals surface area contributed by atoms with Crippen LogP contribution in [0.4, 0.5) is 0 Å². The van der Waals surface area contributed by atoms with Gasteiger partial charge in [-0.3, -0.25) is 4.98 Å². The normalized spacial score (nSPS) is 12.7. The third-order valence-corrected chi connectivity index (χ3v) is 2.60. The first-order valence-electron chi connectivity index (χ1n) is 6.03. The molecule has 0 aliphatic carbocycles. The molecule has 90 valence electrons. The maximum absolute atomic E-state index is 6.00. The molecule has 0 spiro atoms. The van der Waals surface area contributed by atoms with Crippen molar-refractivity contribution in [2.45, 2.75) is 39.2 Å². The summed E-state index contributed by atoms with van der Waals surface area (Å²) >= 11 is 0. The predicted molar refractivity (Wildman–Crippen MR) is 66.4 cm³/mol. The van der Waals surface area contributed by atoms with E-state index < -0.39 is 0 Å². The average Bonchev–Trinajstić information content (AvgIpc) is 2.30. The third-order valence-electron chi connectivity index (χ3n) is 2.60. The van der Waals surface area contributed by atoms with E-state index in [1.165, 1.54) is 5.56 Å². The molecule has 0 fully saturated rings. The van der Waals surface area contributed by atoms with Crippen molar-refractivity contribution in [3.63, 3.8) is 0 Å². The second-order valence-electron chi connectivity index (χ2n) is 3.96. The summed E-state index contributed by atoms with van der Waals surface area (Å²) in [5, 5.41) is 0. The molecule has 3 nitrogen and oxygen atoms in total. The second kappa shape index (κ2) is 7.36. The Kier molecular flexibility index (Phi) is 6.04. The van der Waals surface area contributed by atoms with Gasteiger partial charge < -0.3 is 10.5 Å². The van der Waals surface area contributed by atoms with Crippen molar-refractivity contribution in [1.82, 2.24) is 4.98 Å². The summed E-state index contributed by atoms with van der Waals surface area (Å²) in [6.07, 6.45) is 4.69. The van der Waals surface area contributed by atoms with Crippen LogP contribution in [0, 0.1) is 0 Å². The predicted octanol–water partition coefficient (Wildman–Crippen LogP) is 1.94. The van der Waals surface area contributed by atoms with Crippen LogP contribution < -0.4 is 5.73 Å². The van der Waals surface area contributed by atoms with Gasteiger partial charge >= 0.3 is 0 Å². The molecule has 0 aromatic carbocycles. The monoisotopic (exact) mass is 222 g/mol. The average molecular weight is 222 g/mol. The SMILES string of the molecule is CCOCCC(N)Cc1ccc(CC)cn1. The first-order valence-corrected chi connectivity index (χ1v) is 6.03. The lowest BCUT2D eigenvalue weighted by atomic mass is 10.1. The highest BCUT2D eigenvalue weighted by molar-refractivity contribution is 5.14. The lowest BCUT2D eigenvalue weighted by Crippen LogP contribution is -2.25. The largest absolute Gasteiger partial charge is 0.382 e. The molecule has 1 unspecified atom stereocenters. The molecule has 16 heavy (non-hydrogen) atoms. The number of rotatable bonds is 7. The first kappa shape index (κ1) is 13.1. The van der Waals surface area contributed by atoms with Crippen LogP contribution in [0.5, 0.6) is 0 Å². The van der Waals surface area contributed by atoms with E-state index in [4.69, 9.17) is 10.5 Å². The zero-order valence-electron chi connectivity index (χ0n) is 10.3. The lowest BCUT2D eigenvalue weighted by molar-refractivity contribution is 0.140. The maximum atomic E-state index is 6.00. The molecule has 0 aliphatic rings. The number of aryl methyl sites for hydroxylation is 1. The number of hydrogen-bond acceptors (Lipinski definition) is 3. The minimum absolute atomic E-state index is 0.145. The Hall–Kier alpha value is -0.930.